The molecule has 2 rings (SSSR count). The van der Waals surface area contributed by atoms with Crippen molar-refractivity contribution in [2.24, 2.45) is 0 Å². The van der Waals surface area contributed by atoms with Crippen molar-refractivity contribution in [3.63, 3.8) is 0 Å². The summed E-state index contributed by atoms with van der Waals surface area (Å²) in [5, 5.41) is 0. The molecule has 0 fully saturated rings. The first-order chi connectivity index (χ1) is 10.7. The largest absolute Gasteiger partial charge is 0.466 e. The Bertz CT molecular complexity index is 655. The van der Waals surface area contributed by atoms with E-state index >= 15 is 0 Å². The molecule has 0 saturated carbocycles. The summed E-state index contributed by atoms with van der Waals surface area (Å²) in [7, 11) is 0. The molecule has 0 N–H and O–H groups in total. The SMILES string of the molecule is CCOC(=O)CC=Cc1ccc(C(=O)c2ccccc2)cc1. The Labute approximate surface area is 130 Å². The van der Waals surface area contributed by atoms with Crippen LogP contribution in [0.15, 0.2) is 60.7 Å². The van der Waals surface area contributed by atoms with Crippen LogP contribution in [0.2, 0.25) is 0 Å². The summed E-state index contributed by atoms with van der Waals surface area (Å²) in [5.41, 5.74) is 2.26. The Morgan fingerprint density at radius 1 is 0.955 bits per heavy atom. The number of ether oxygens (including phenoxy) is 1. The summed E-state index contributed by atoms with van der Waals surface area (Å²) in [4.78, 5) is 23.5. The fraction of sp³-hybridized carbons (Fsp3) is 0.158. The lowest BCUT2D eigenvalue weighted by atomic mass is 10.0. The molecular formula is C19H18O3. The summed E-state index contributed by atoms with van der Waals surface area (Å²) in [6, 6.07) is 16.5. The number of carbonyl (C=O) groups is 2. The molecule has 22 heavy (non-hydrogen) atoms. The Morgan fingerprint density at radius 2 is 1.59 bits per heavy atom. The number of esters is 1. The molecule has 0 aliphatic heterocycles. The molecule has 0 aliphatic carbocycles. The van der Waals surface area contributed by atoms with Crippen LogP contribution < -0.4 is 0 Å². The predicted octanol–water partition coefficient (Wildman–Crippen LogP) is 3.88. The fourth-order valence-corrected chi connectivity index (χ4v) is 2.01. The van der Waals surface area contributed by atoms with Gasteiger partial charge in [-0.2, -0.15) is 0 Å². The zero-order valence-corrected chi connectivity index (χ0v) is 12.5. The molecule has 2 aromatic rings. The third kappa shape index (κ3) is 4.42. The van der Waals surface area contributed by atoms with Crippen molar-refractivity contribution in [2.45, 2.75) is 13.3 Å². The summed E-state index contributed by atoms with van der Waals surface area (Å²) in [6.45, 7) is 2.17. The molecule has 3 nitrogen and oxygen atoms in total. The molecule has 0 aromatic heterocycles. The molecular weight excluding hydrogens is 276 g/mol. The molecule has 0 saturated heterocycles. The van der Waals surface area contributed by atoms with Crippen LogP contribution in [0.4, 0.5) is 0 Å². The van der Waals surface area contributed by atoms with Crippen LogP contribution >= 0.6 is 0 Å². The van der Waals surface area contributed by atoms with Gasteiger partial charge < -0.3 is 4.74 Å². The van der Waals surface area contributed by atoms with Gasteiger partial charge in [0, 0.05) is 11.1 Å². The van der Waals surface area contributed by atoms with Crippen LogP contribution in [0, 0.1) is 0 Å². The van der Waals surface area contributed by atoms with Gasteiger partial charge in [0.25, 0.3) is 0 Å². The highest BCUT2D eigenvalue weighted by Gasteiger charge is 2.07. The van der Waals surface area contributed by atoms with Gasteiger partial charge in [0.1, 0.15) is 0 Å². The quantitative estimate of drug-likeness (QED) is 0.600. The van der Waals surface area contributed by atoms with Crippen LogP contribution in [0.25, 0.3) is 6.08 Å². The minimum atomic E-state index is -0.241. The first kappa shape index (κ1) is 15.7. The van der Waals surface area contributed by atoms with E-state index in [1.165, 1.54) is 0 Å². The van der Waals surface area contributed by atoms with Crippen molar-refractivity contribution >= 4 is 17.8 Å². The minimum absolute atomic E-state index is 0.00246. The molecule has 0 radical (unpaired) electrons. The van der Waals surface area contributed by atoms with Gasteiger partial charge in [0.2, 0.25) is 0 Å². The number of ketones is 1. The van der Waals surface area contributed by atoms with Crippen LogP contribution in [0.3, 0.4) is 0 Å². The Morgan fingerprint density at radius 3 is 2.23 bits per heavy atom. The molecule has 0 aliphatic rings. The first-order valence-electron chi connectivity index (χ1n) is 7.22. The van der Waals surface area contributed by atoms with E-state index in [4.69, 9.17) is 4.74 Å². The van der Waals surface area contributed by atoms with Gasteiger partial charge in [0.15, 0.2) is 5.78 Å². The van der Waals surface area contributed by atoms with E-state index in [-0.39, 0.29) is 18.2 Å². The molecule has 112 valence electrons. The lowest BCUT2D eigenvalue weighted by molar-refractivity contribution is -0.142. The topological polar surface area (TPSA) is 43.4 Å². The highest BCUT2D eigenvalue weighted by Crippen LogP contribution is 2.12. The van der Waals surface area contributed by atoms with Gasteiger partial charge in [-0.05, 0) is 12.5 Å². The number of rotatable bonds is 6. The van der Waals surface area contributed by atoms with E-state index in [0.717, 1.165) is 5.56 Å². The molecule has 0 atom stereocenters. The van der Waals surface area contributed by atoms with E-state index in [1.807, 2.05) is 36.4 Å². The Hall–Kier alpha value is -2.68. The van der Waals surface area contributed by atoms with Gasteiger partial charge in [-0.15, -0.1) is 0 Å². The predicted molar refractivity (Wildman–Crippen MR) is 86.6 cm³/mol. The lowest BCUT2D eigenvalue weighted by Crippen LogP contribution is -2.01. The van der Waals surface area contributed by atoms with E-state index in [9.17, 15) is 9.59 Å². The zero-order valence-electron chi connectivity index (χ0n) is 12.5. The Balaban J connectivity index is 2.00. The summed E-state index contributed by atoms with van der Waals surface area (Å²) in [6.07, 6.45) is 3.85. The third-order valence-corrected chi connectivity index (χ3v) is 3.11. The molecule has 0 spiro atoms. The van der Waals surface area contributed by atoms with Crippen molar-refractivity contribution in [1.29, 1.82) is 0 Å². The summed E-state index contributed by atoms with van der Waals surface area (Å²) in [5.74, 6) is -0.239. The van der Waals surface area contributed by atoms with Gasteiger partial charge in [-0.1, -0.05) is 66.7 Å². The van der Waals surface area contributed by atoms with E-state index in [0.29, 0.717) is 17.7 Å². The fourth-order valence-electron chi connectivity index (χ4n) is 2.01. The van der Waals surface area contributed by atoms with E-state index < -0.39 is 0 Å². The van der Waals surface area contributed by atoms with Gasteiger partial charge in [-0.25, -0.2) is 0 Å². The summed E-state index contributed by atoms with van der Waals surface area (Å²) >= 11 is 0. The van der Waals surface area contributed by atoms with Crippen molar-refractivity contribution in [3.8, 4) is 0 Å². The number of hydrogen-bond acceptors (Lipinski definition) is 3. The van der Waals surface area contributed by atoms with Crippen LogP contribution in [0.5, 0.6) is 0 Å². The van der Waals surface area contributed by atoms with E-state index in [1.54, 1.807) is 37.3 Å². The highest BCUT2D eigenvalue weighted by molar-refractivity contribution is 6.09. The maximum atomic E-state index is 12.3. The second-order valence-corrected chi connectivity index (χ2v) is 4.73. The van der Waals surface area contributed by atoms with E-state index in [2.05, 4.69) is 0 Å². The zero-order chi connectivity index (χ0) is 15.8. The van der Waals surface area contributed by atoms with Crippen LogP contribution in [-0.2, 0) is 9.53 Å². The molecule has 0 bridgehead atoms. The van der Waals surface area contributed by atoms with Crippen molar-refractivity contribution in [2.75, 3.05) is 6.61 Å². The van der Waals surface area contributed by atoms with Crippen molar-refractivity contribution < 1.29 is 14.3 Å². The number of carbonyl (C=O) groups excluding carboxylic acids is 2. The number of benzene rings is 2. The maximum Gasteiger partial charge on any atom is 0.309 e. The minimum Gasteiger partial charge on any atom is -0.466 e. The lowest BCUT2D eigenvalue weighted by Gasteiger charge is -2.02. The molecule has 0 heterocycles. The standard InChI is InChI=1S/C19H18O3/c1-2-22-18(20)10-6-7-15-11-13-17(14-12-15)19(21)16-8-4-3-5-9-16/h3-9,11-14H,2,10H2,1H3. The smallest absolute Gasteiger partial charge is 0.309 e. The van der Waals surface area contributed by atoms with Gasteiger partial charge >= 0.3 is 5.97 Å². The van der Waals surface area contributed by atoms with Crippen LogP contribution in [0.1, 0.15) is 34.8 Å². The first-order valence-corrected chi connectivity index (χ1v) is 7.22. The van der Waals surface area contributed by atoms with Gasteiger partial charge in [0.05, 0.1) is 13.0 Å². The second-order valence-electron chi connectivity index (χ2n) is 4.73. The molecule has 2 aromatic carbocycles. The third-order valence-electron chi connectivity index (χ3n) is 3.11. The Kier molecular flexibility index (Phi) is 5.66. The van der Waals surface area contributed by atoms with Gasteiger partial charge in [-0.3, -0.25) is 9.59 Å². The number of hydrogen-bond donors (Lipinski definition) is 0. The normalized spacial score (nSPS) is 10.6. The monoisotopic (exact) mass is 294 g/mol. The highest BCUT2D eigenvalue weighted by atomic mass is 16.5. The van der Waals surface area contributed by atoms with Crippen molar-refractivity contribution in [1.82, 2.24) is 0 Å². The molecule has 3 heteroatoms. The molecule has 0 amide bonds. The maximum absolute atomic E-state index is 12.3. The average molecular weight is 294 g/mol. The van der Waals surface area contributed by atoms with Crippen molar-refractivity contribution in [3.05, 3.63) is 77.4 Å². The average Bonchev–Trinajstić information content (AvgIpc) is 2.56. The summed E-state index contributed by atoms with van der Waals surface area (Å²) < 4.78 is 4.84. The second kappa shape index (κ2) is 7.93. The molecule has 0 unspecified atom stereocenters. The van der Waals surface area contributed by atoms with Crippen LogP contribution in [-0.4, -0.2) is 18.4 Å².